The highest BCUT2D eigenvalue weighted by molar-refractivity contribution is 5.81. The Morgan fingerprint density at radius 1 is 1.20 bits per heavy atom. The molecule has 1 aromatic carbocycles. The lowest BCUT2D eigenvalue weighted by Crippen LogP contribution is -2.52. The number of hydrogen-bond acceptors (Lipinski definition) is 5. The van der Waals surface area contributed by atoms with E-state index in [1.165, 1.54) is 12.1 Å². The Morgan fingerprint density at radius 2 is 1.92 bits per heavy atom. The van der Waals surface area contributed by atoms with E-state index >= 15 is 0 Å². The number of carbonyl (C=O) groups is 1. The summed E-state index contributed by atoms with van der Waals surface area (Å²) in [4.78, 5) is 25.0. The van der Waals surface area contributed by atoms with Gasteiger partial charge in [0.05, 0.1) is 0 Å². The van der Waals surface area contributed by atoms with Gasteiger partial charge < -0.3 is 14.5 Å². The van der Waals surface area contributed by atoms with Crippen LogP contribution in [0, 0.1) is 12.7 Å². The average Bonchev–Trinajstić information content (AvgIpc) is 2.63. The third-order valence-electron chi connectivity index (χ3n) is 4.14. The normalized spacial score (nSPS) is 15.8. The second-order valence-corrected chi connectivity index (χ2v) is 6.00. The Hall–Kier alpha value is -2.70. The molecule has 3 rings (SSSR count). The van der Waals surface area contributed by atoms with Gasteiger partial charge in [-0.05, 0) is 32.0 Å². The first kappa shape index (κ1) is 17.1. The summed E-state index contributed by atoms with van der Waals surface area (Å²) in [5.41, 5.74) is 0.912. The molecule has 7 heteroatoms. The summed E-state index contributed by atoms with van der Waals surface area (Å²) >= 11 is 0. The number of aromatic nitrogens is 2. The van der Waals surface area contributed by atoms with E-state index in [2.05, 4.69) is 14.9 Å². The summed E-state index contributed by atoms with van der Waals surface area (Å²) in [6.45, 7) is 5.99. The minimum Gasteiger partial charge on any atom is -0.478 e. The molecule has 1 aromatic heterocycles. The number of carbonyl (C=O) groups excluding carboxylic acids is 1. The van der Waals surface area contributed by atoms with Crippen LogP contribution in [0.1, 0.15) is 12.6 Å². The summed E-state index contributed by atoms with van der Waals surface area (Å²) in [6.07, 6.45) is 0.998. The van der Waals surface area contributed by atoms with Crippen molar-refractivity contribution in [2.75, 3.05) is 31.1 Å². The molecule has 0 N–H and O–H groups in total. The molecule has 6 nitrogen and oxygen atoms in total. The predicted octanol–water partition coefficient (Wildman–Crippen LogP) is 2.04. The van der Waals surface area contributed by atoms with Crippen LogP contribution < -0.4 is 9.64 Å². The lowest BCUT2D eigenvalue weighted by Gasteiger charge is -2.35. The number of piperazine rings is 1. The van der Waals surface area contributed by atoms with Gasteiger partial charge in [-0.1, -0.05) is 12.1 Å². The molecule has 25 heavy (non-hydrogen) atoms. The Kier molecular flexibility index (Phi) is 5.11. The van der Waals surface area contributed by atoms with E-state index in [0.717, 1.165) is 5.69 Å². The molecule has 0 bridgehead atoms. The second-order valence-electron chi connectivity index (χ2n) is 6.00. The van der Waals surface area contributed by atoms with Crippen LogP contribution in [0.25, 0.3) is 0 Å². The van der Waals surface area contributed by atoms with Crippen LogP contribution in [0.3, 0.4) is 0 Å². The molecule has 0 unspecified atom stereocenters. The SMILES string of the molecule is Cc1ccnc(N2CCN(C(=O)[C@H](C)Oc3ccccc3F)CC2)n1. The molecule has 1 aliphatic heterocycles. The molecule has 0 radical (unpaired) electrons. The zero-order valence-electron chi connectivity index (χ0n) is 14.4. The fourth-order valence-corrected chi connectivity index (χ4v) is 2.75. The van der Waals surface area contributed by atoms with E-state index in [1.54, 1.807) is 30.2 Å². The molecular weight excluding hydrogens is 323 g/mol. The van der Waals surface area contributed by atoms with Crippen LogP contribution in [0.15, 0.2) is 36.5 Å². The van der Waals surface area contributed by atoms with Crippen LogP contribution in [0.4, 0.5) is 10.3 Å². The third-order valence-corrected chi connectivity index (χ3v) is 4.14. The standard InChI is InChI=1S/C18H21FN4O2/c1-13-7-8-20-18(21-13)23-11-9-22(10-12-23)17(24)14(2)25-16-6-4-3-5-15(16)19/h3-8,14H,9-12H2,1-2H3/t14-/m0/s1. The fourth-order valence-electron chi connectivity index (χ4n) is 2.75. The van der Waals surface area contributed by atoms with Crippen molar-refractivity contribution in [1.82, 2.24) is 14.9 Å². The van der Waals surface area contributed by atoms with Gasteiger partial charge in [0.1, 0.15) is 0 Å². The molecule has 0 aliphatic carbocycles. The lowest BCUT2D eigenvalue weighted by atomic mass is 10.2. The lowest BCUT2D eigenvalue weighted by molar-refractivity contribution is -0.138. The smallest absolute Gasteiger partial charge is 0.263 e. The average molecular weight is 344 g/mol. The summed E-state index contributed by atoms with van der Waals surface area (Å²) in [5.74, 6) is 0.162. The van der Waals surface area contributed by atoms with Crippen LogP contribution in [-0.2, 0) is 4.79 Å². The van der Waals surface area contributed by atoms with Gasteiger partial charge >= 0.3 is 0 Å². The molecule has 1 fully saturated rings. The van der Waals surface area contributed by atoms with Crippen molar-refractivity contribution in [2.24, 2.45) is 0 Å². The van der Waals surface area contributed by atoms with Crippen molar-refractivity contribution >= 4 is 11.9 Å². The van der Waals surface area contributed by atoms with Crippen LogP contribution >= 0.6 is 0 Å². The quantitative estimate of drug-likeness (QED) is 0.849. The number of anilines is 1. The van der Waals surface area contributed by atoms with Crippen molar-refractivity contribution in [3.63, 3.8) is 0 Å². The highest BCUT2D eigenvalue weighted by Crippen LogP contribution is 2.18. The number of halogens is 1. The number of aryl methyl sites for hydroxylation is 1. The molecule has 1 saturated heterocycles. The first-order valence-corrected chi connectivity index (χ1v) is 8.29. The number of rotatable bonds is 4. The van der Waals surface area contributed by atoms with Gasteiger partial charge in [0.25, 0.3) is 5.91 Å². The zero-order valence-corrected chi connectivity index (χ0v) is 14.4. The number of para-hydroxylation sites is 1. The molecule has 1 aliphatic rings. The molecule has 2 aromatic rings. The highest BCUT2D eigenvalue weighted by Gasteiger charge is 2.27. The monoisotopic (exact) mass is 344 g/mol. The van der Waals surface area contributed by atoms with Gasteiger partial charge in [0, 0.05) is 38.1 Å². The molecule has 1 amide bonds. The van der Waals surface area contributed by atoms with Crippen LogP contribution in [0.5, 0.6) is 5.75 Å². The van der Waals surface area contributed by atoms with Gasteiger partial charge in [-0.2, -0.15) is 0 Å². The number of nitrogens with zero attached hydrogens (tertiary/aromatic N) is 4. The fraction of sp³-hybridized carbons (Fsp3) is 0.389. The third kappa shape index (κ3) is 4.04. The zero-order chi connectivity index (χ0) is 17.8. The second kappa shape index (κ2) is 7.46. The van der Waals surface area contributed by atoms with E-state index in [-0.39, 0.29) is 11.7 Å². The Bertz CT molecular complexity index is 747. The maximum absolute atomic E-state index is 13.7. The summed E-state index contributed by atoms with van der Waals surface area (Å²) in [7, 11) is 0. The van der Waals surface area contributed by atoms with E-state index < -0.39 is 11.9 Å². The highest BCUT2D eigenvalue weighted by atomic mass is 19.1. The number of ether oxygens (including phenoxy) is 1. The van der Waals surface area contributed by atoms with Crippen molar-refractivity contribution < 1.29 is 13.9 Å². The number of benzene rings is 1. The molecular formula is C18H21FN4O2. The van der Waals surface area contributed by atoms with E-state index in [4.69, 9.17) is 4.74 Å². The van der Waals surface area contributed by atoms with Crippen molar-refractivity contribution in [1.29, 1.82) is 0 Å². The van der Waals surface area contributed by atoms with Crippen molar-refractivity contribution in [2.45, 2.75) is 20.0 Å². The molecule has 132 valence electrons. The van der Waals surface area contributed by atoms with E-state index in [1.807, 2.05) is 13.0 Å². The predicted molar refractivity (Wildman–Crippen MR) is 92.1 cm³/mol. The number of hydrogen-bond donors (Lipinski definition) is 0. The minimum atomic E-state index is -0.737. The molecule has 2 heterocycles. The molecule has 0 saturated carbocycles. The molecule has 1 atom stereocenters. The Balaban J connectivity index is 1.57. The minimum absolute atomic E-state index is 0.0927. The summed E-state index contributed by atoms with van der Waals surface area (Å²) in [6, 6.07) is 7.95. The largest absolute Gasteiger partial charge is 0.478 e. The molecule has 0 spiro atoms. The maximum atomic E-state index is 13.7. The van der Waals surface area contributed by atoms with Gasteiger partial charge in [-0.3, -0.25) is 4.79 Å². The van der Waals surface area contributed by atoms with Crippen molar-refractivity contribution in [3.8, 4) is 5.75 Å². The summed E-state index contributed by atoms with van der Waals surface area (Å²) in [5, 5.41) is 0. The topological polar surface area (TPSA) is 58.6 Å². The van der Waals surface area contributed by atoms with Crippen LogP contribution in [0.2, 0.25) is 0 Å². The first-order chi connectivity index (χ1) is 12.0. The Morgan fingerprint density at radius 3 is 2.60 bits per heavy atom. The van der Waals surface area contributed by atoms with Crippen LogP contribution in [-0.4, -0.2) is 53.1 Å². The van der Waals surface area contributed by atoms with Gasteiger partial charge in [0.15, 0.2) is 17.7 Å². The van der Waals surface area contributed by atoms with Crippen molar-refractivity contribution in [3.05, 3.63) is 48.0 Å². The first-order valence-electron chi connectivity index (χ1n) is 8.29. The number of amides is 1. The summed E-state index contributed by atoms with van der Waals surface area (Å²) < 4.78 is 19.1. The Labute approximate surface area is 146 Å². The van der Waals surface area contributed by atoms with E-state index in [0.29, 0.717) is 32.1 Å². The van der Waals surface area contributed by atoms with Gasteiger partial charge in [-0.25, -0.2) is 14.4 Å². The van der Waals surface area contributed by atoms with E-state index in [9.17, 15) is 9.18 Å². The maximum Gasteiger partial charge on any atom is 0.263 e. The van der Waals surface area contributed by atoms with Gasteiger partial charge in [-0.15, -0.1) is 0 Å². The van der Waals surface area contributed by atoms with Gasteiger partial charge in [0.2, 0.25) is 5.95 Å².